The molecule has 1 N–H and O–H groups in total. The van der Waals surface area contributed by atoms with Gasteiger partial charge in [0.2, 0.25) is 0 Å². The van der Waals surface area contributed by atoms with Crippen molar-refractivity contribution >= 4 is 21.7 Å². The Kier molecular flexibility index (Phi) is 3.35. The molecule has 0 bridgehead atoms. The summed E-state index contributed by atoms with van der Waals surface area (Å²) in [7, 11) is 0. The molecule has 2 aliphatic rings. The van der Waals surface area contributed by atoms with Gasteiger partial charge in [0.15, 0.2) is 5.78 Å². The Bertz CT molecular complexity index is 524. The molecule has 0 spiro atoms. The second-order valence-electron chi connectivity index (χ2n) is 5.68. The third-order valence-corrected chi connectivity index (χ3v) is 4.84. The molecule has 0 unspecified atom stereocenters. The van der Waals surface area contributed by atoms with E-state index >= 15 is 0 Å². The van der Waals surface area contributed by atoms with Crippen molar-refractivity contribution in [1.29, 1.82) is 0 Å². The van der Waals surface area contributed by atoms with Gasteiger partial charge in [-0.05, 0) is 60.9 Å². The Morgan fingerprint density at radius 2 is 1.84 bits per heavy atom. The van der Waals surface area contributed by atoms with Gasteiger partial charge >= 0.3 is 0 Å². The van der Waals surface area contributed by atoms with E-state index in [-0.39, 0.29) is 5.78 Å². The minimum absolute atomic E-state index is 0.168. The van der Waals surface area contributed by atoms with E-state index < -0.39 is 5.60 Å². The zero-order valence-electron chi connectivity index (χ0n) is 10.7. The summed E-state index contributed by atoms with van der Waals surface area (Å²) in [5.41, 5.74) is 1.50. The van der Waals surface area contributed by atoms with Gasteiger partial charge in [0, 0.05) is 10.9 Å². The Morgan fingerprint density at radius 1 is 1.16 bits per heavy atom. The molecule has 19 heavy (non-hydrogen) atoms. The van der Waals surface area contributed by atoms with Crippen molar-refractivity contribution in [3.05, 3.63) is 46.0 Å². The van der Waals surface area contributed by atoms with Crippen LogP contribution in [0.5, 0.6) is 0 Å². The van der Waals surface area contributed by atoms with Crippen LogP contribution in [-0.2, 0) is 4.79 Å². The molecular formula is C16H17BrO2. The number of benzene rings is 1. The predicted octanol–water partition coefficient (Wildman–Crippen LogP) is 3.74. The molecule has 0 aliphatic heterocycles. The molecule has 0 radical (unpaired) electrons. The van der Waals surface area contributed by atoms with Crippen LogP contribution in [0.4, 0.5) is 0 Å². The Labute approximate surface area is 121 Å². The Morgan fingerprint density at radius 3 is 2.47 bits per heavy atom. The third-order valence-electron chi connectivity index (χ3n) is 4.31. The van der Waals surface area contributed by atoms with Crippen molar-refractivity contribution in [3.63, 3.8) is 0 Å². The summed E-state index contributed by atoms with van der Waals surface area (Å²) < 4.78 is 1.08. The lowest BCUT2D eigenvalue weighted by Crippen LogP contribution is -2.45. The van der Waals surface area contributed by atoms with Crippen molar-refractivity contribution in [3.8, 4) is 0 Å². The summed E-state index contributed by atoms with van der Waals surface area (Å²) in [6.45, 7) is 0. The lowest BCUT2D eigenvalue weighted by atomic mass is 9.63. The van der Waals surface area contributed by atoms with E-state index in [9.17, 15) is 9.90 Å². The van der Waals surface area contributed by atoms with Gasteiger partial charge < -0.3 is 5.11 Å². The summed E-state index contributed by atoms with van der Waals surface area (Å²) >= 11 is 3.43. The molecule has 0 atom stereocenters. The number of rotatable bonds is 2. The Balaban J connectivity index is 1.71. The topological polar surface area (TPSA) is 37.3 Å². The maximum absolute atomic E-state index is 11.5. The number of hydrogen-bond donors (Lipinski definition) is 1. The van der Waals surface area contributed by atoms with Gasteiger partial charge in [-0.2, -0.15) is 0 Å². The van der Waals surface area contributed by atoms with E-state index in [1.165, 1.54) is 5.56 Å². The van der Waals surface area contributed by atoms with E-state index in [1.54, 1.807) is 6.08 Å². The van der Waals surface area contributed by atoms with Crippen molar-refractivity contribution in [2.75, 3.05) is 0 Å². The molecule has 2 nitrogen and oxygen atoms in total. The van der Waals surface area contributed by atoms with Crippen LogP contribution in [0.1, 0.15) is 43.6 Å². The van der Waals surface area contributed by atoms with Crippen molar-refractivity contribution in [2.45, 2.75) is 43.6 Å². The van der Waals surface area contributed by atoms with E-state index in [2.05, 4.69) is 28.1 Å². The maximum Gasteiger partial charge on any atom is 0.155 e. The first-order valence-electron chi connectivity index (χ1n) is 6.78. The van der Waals surface area contributed by atoms with Crippen molar-refractivity contribution in [2.24, 2.45) is 0 Å². The molecular weight excluding hydrogens is 304 g/mol. The number of carbonyl (C=O) groups excluding carboxylic acids is 1. The fourth-order valence-electron chi connectivity index (χ4n) is 3.15. The van der Waals surface area contributed by atoms with Gasteiger partial charge in [0.25, 0.3) is 0 Å². The highest BCUT2D eigenvalue weighted by molar-refractivity contribution is 9.10. The van der Waals surface area contributed by atoms with Crippen LogP contribution >= 0.6 is 15.9 Å². The smallest absolute Gasteiger partial charge is 0.155 e. The Hall–Kier alpha value is -0.930. The third kappa shape index (κ3) is 2.54. The average Bonchev–Trinajstić information content (AvgIpc) is 2.36. The molecule has 0 amide bonds. The van der Waals surface area contributed by atoms with Gasteiger partial charge in [0.05, 0.1) is 5.60 Å². The molecule has 3 rings (SSSR count). The van der Waals surface area contributed by atoms with Crippen LogP contribution in [0.3, 0.4) is 0 Å². The highest BCUT2D eigenvalue weighted by atomic mass is 79.9. The minimum atomic E-state index is -0.728. The minimum Gasteiger partial charge on any atom is -0.385 e. The largest absolute Gasteiger partial charge is 0.385 e. The number of hydrogen-bond acceptors (Lipinski definition) is 2. The molecule has 0 heterocycles. The number of halogens is 1. The lowest BCUT2D eigenvalue weighted by molar-refractivity contribution is -0.115. The van der Waals surface area contributed by atoms with Crippen LogP contribution < -0.4 is 0 Å². The summed E-state index contributed by atoms with van der Waals surface area (Å²) in [5.74, 6) is 0.581. The normalized spacial score (nSPS) is 30.7. The number of aliphatic hydroxyl groups is 1. The standard InChI is InChI=1S/C16H17BrO2/c17-14-6-4-11(5-7-14)12-9-16(19,10-12)13-2-1-3-15(18)8-13/h4-8,12,19H,1-3,9-10H2. The quantitative estimate of drug-likeness (QED) is 0.901. The zero-order chi connectivity index (χ0) is 13.5. The monoisotopic (exact) mass is 320 g/mol. The highest BCUT2D eigenvalue weighted by Gasteiger charge is 2.46. The SMILES string of the molecule is O=C1C=C(C2(O)CC(c3ccc(Br)cc3)C2)CCC1. The molecule has 0 saturated heterocycles. The van der Waals surface area contributed by atoms with E-state index in [1.807, 2.05) is 12.1 Å². The summed E-state index contributed by atoms with van der Waals surface area (Å²) in [5, 5.41) is 10.6. The first-order chi connectivity index (χ1) is 9.07. The highest BCUT2D eigenvalue weighted by Crippen LogP contribution is 2.50. The molecule has 3 heteroatoms. The molecule has 100 valence electrons. The molecule has 1 aromatic rings. The predicted molar refractivity (Wildman–Crippen MR) is 78.0 cm³/mol. The van der Waals surface area contributed by atoms with Gasteiger partial charge in [0.1, 0.15) is 0 Å². The van der Waals surface area contributed by atoms with E-state index in [0.29, 0.717) is 12.3 Å². The van der Waals surface area contributed by atoms with Crippen LogP contribution in [0.25, 0.3) is 0 Å². The number of ketones is 1. The molecule has 1 aromatic carbocycles. The zero-order valence-corrected chi connectivity index (χ0v) is 12.3. The number of allylic oxidation sites excluding steroid dienone is 1. The molecule has 1 saturated carbocycles. The van der Waals surface area contributed by atoms with Gasteiger partial charge in [-0.15, -0.1) is 0 Å². The first kappa shape index (κ1) is 13.1. The van der Waals surface area contributed by atoms with Gasteiger partial charge in [-0.3, -0.25) is 4.79 Å². The summed E-state index contributed by atoms with van der Waals surface area (Å²) in [6, 6.07) is 8.29. The van der Waals surface area contributed by atoms with Crippen molar-refractivity contribution < 1.29 is 9.90 Å². The van der Waals surface area contributed by atoms with E-state index in [0.717, 1.165) is 35.7 Å². The van der Waals surface area contributed by atoms with Crippen molar-refractivity contribution in [1.82, 2.24) is 0 Å². The fourth-order valence-corrected chi connectivity index (χ4v) is 3.41. The molecule has 2 aliphatic carbocycles. The first-order valence-corrected chi connectivity index (χ1v) is 7.58. The second-order valence-corrected chi connectivity index (χ2v) is 6.59. The second kappa shape index (κ2) is 4.88. The van der Waals surface area contributed by atoms with Crippen LogP contribution in [0.15, 0.2) is 40.4 Å². The number of carbonyl (C=O) groups is 1. The molecule has 0 aromatic heterocycles. The molecule has 1 fully saturated rings. The lowest BCUT2D eigenvalue weighted by Gasteiger charge is -2.46. The van der Waals surface area contributed by atoms with Crippen LogP contribution in [0.2, 0.25) is 0 Å². The van der Waals surface area contributed by atoms with E-state index in [4.69, 9.17) is 0 Å². The maximum atomic E-state index is 11.5. The fraction of sp³-hybridized carbons (Fsp3) is 0.438. The summed E-state index contributed by atoms with van der Waals surface area (Å²) in [6.07, 6.45) is 5.56. The average molecular weight is 321 g/mol. The summed E-state index contributed by atoms with van der Waals surface area (Å²) in [4.78, 5) is 11.5. The van der Waals surface area contributed by atoms with Crippen LogP contribution in [0, 0.1) is 0 Å². The van der Waals surface area contributed by atoms with Gasteiger partial charge in [-0.25, -0.2) is 0 Å². The van der Waals surface area contributed by atoms with Gasteiger partial charge in [-0.1, -0.05) is 28.1 Å². The van der Waals surface area contributed by atoms with Crippen LogP contribution in [-0.4, -0.2) is 16.5 Å².